The van der Waals surface area contributed by atoms with Crippen LogP contribution in [0.15, 0.2) is 10.6 Å². The van der Waals surface area contributed by atoms with E-state index in [-0.39, 0.29) is 53.4 Å². The van der Waals surface area contributed by atoms with Gasteiger partial charge in [-0.2, -0.15) is 0 Å². The molecule has 2 rings (SSSR count). The Kier molecular flexibility index (Phi) is 9.55. The maximum Gasteiger partial charge on any atom is 0.274 e. The van der Waals surface area contributed by atoms with E-state index in [0.717, 1.165) is 12.8 Å². The van der Waals surface area contributed by atoms with Gasteiger partial charge in [0.15, 0.2) is 17.3 Å². The van der Waals surface area contributed by atoms with Crippen molar-refractivity contribution in [3.05, 3.63) is 17.5 Å². The zero-order valence-electron chi connectivity index (χ0n) is 21.4. The molecule has 1 aromatic heterocycles. The van der Waals surface area contributed by atoms with Gasteiger partial charge in [-0.3, -0.25) is 19.2 Å². The second-order valence-electron chi connectivity index (χ2n) is 10.5. The highest BCUT2D eigenvalue weighted by molar-refractivity contribution is 5.98. The van der Waals surface area contributed by atoms with Gasteiger partial charge in [0.2, 0.25) is 5.91 Å². The smallest absolute Gasteiger partial charge is 0.274 e. The molecule has 0 radical (unpaired) electrons. The highest BCUT2D eigenvalue weighted by Crippen LogP contribution is 2.47. The van der Waals surface area contributed by atoms with Crippen LogP contribution in [0.4, 0.5) is 0 Å². The lowest BCUT2D eigenvalue weighted by Gasteiger charge is -2.26. The SMILES string of the molecule is COC[C@H](CC(=O)[C@@H](NC(=O)c1cc(C)on1)C(C)C)C(=O)N[C@@H](CC(C)C)C(=O)C1(C)CC1. The summed E-state index contributed by atoms with van der Waals surface area (Å²) < 4.78 is 10.1. The van der Waals surface area contributed by atoms with Crippen LogP contribution in [0.5, 0.6) is 0 Å². The van der Waals surface area contributed by atoms with Gasteiger partial charge in [0, 0.05) is 25.0 Å². The Labute approximate surface area is 201 Å². The van der Waals surface area contributed by atoms with Crippen molar-refractivity contribution in [2.45, 2.75) is 79.3 Å². The van der Waals surface area contributed by atoms with Crippen LogP contribution in [0.3, 0.4) is 0 Å². The molecule has 0 spiro atoms. The van der Waals surface area contributed by atoms with Gasteiger partial charge in [0.25, 0.3) is 5.91 Å². The molecule has 1 aromatic rings. The van der Waals surface area contributed by atoms with E-state index in [1.807, 2.05) is 34.6 Å². The highest BCUT2D eigenvalue weighted by Gasteiger charge is 2.48. The number of rotatable bonds is 14. The molecule has 1 aliphatic carbocycles. The minimum atomic E-state index is -0.810. The Balaban J connectivity index is 2.10. The second-order valence-corrected chi connectivity index (χ2v) is 10.5. The average Bonchev–Trinajstić information content (AvgIpc) is 3.35. The van der Waals surface area contributed by atoms with Crippen molar-refractivity contribution in [1.82, 2.24) is 15.8 Å². The first-order chi connectivity index (χ1) is 15.9. The number of aryl methyl sites for hydroxylation is 1. The van der Waals surface area contributed by atoms with Gasteiger partial charge >= 0.3 is 0 Å². The van der Waals surface area contributed by atoms with E-state index in [2.05, 4.69) is 15.8 Å². The lowest BCUT2D eigenvalue weighted by atomic mass is 9.89. The third-order valence-corrected chi connectivity index (χ3v) is 6.28. The Morgan fingerprint density at radius 1 is 1.15 bits per heavy atom. The van der Waals surface area contributed by atoms with Crippen LogP contribution < -0.4 is 10.6 Å². The maximum atomic E-state index is 13.2. The summed E-state index contributed by atoms with van der Waals surface area (Å²) in [7, 11) is 1.46. The van der Waals surface area contributed by atoms with Crippen molar-refractivity contribution in [1.29, 1.82) is 0 Å². The number of nitrogens with zero attached hydrogens (tertiary/aromatic N) is 1. The number of carbonyl (C=O) groups is 4. The van der Waals surface area contributed by atoms with Gasteiger partial charge in [-0.05, 0) is 38.0 Å². The molecule has 190 valence electrons. The van der Waals surface area contributed by atoms with E-state index in [1.165, 1.54) is 13.2 Å². The van der Waals surface area contributed by atoms with E-state index in [1.54, 1.807) is 6.92 Å². The molecule has 0 bridgehead atoms. The molecule has 0 saturated heterocycles. The predicted octanol–water partition coefficient (Wildman–Crippen LogP) is 2.86. The molecule has 1 heterocycles. The van der Waals surface area contributed by atoms with Crippen LogP contribution in [0.25, 0.3) is 0 Å². The minimum Gasteiger partial charge on any atom is -0.384 e. The fraction of sp³-hybridized carbons (Fsp3) is 0.720. The number of hydrogen-bond donors (Lipinski definition) is 2. The molecule has 1 aliphatic rings. The van der Waals surface area contributed by atoms with E-state index in [4.69, 9.17) is 9.26 Å². The lowest BCUT2D eigenvalue weighted by molar-refractivity contribution is -0.135. The summed E-state index contributed by atoms with van der Waals surface area (Å²) in [4.78, 5) is 51.8. The fourth-order valence-electron chi connectivity index (χ4n) is 3.95. The molecule has 0 aromatic carbocycles. The fourth-order valence-corrected chi connectivity index (χ4v) is 3.95. The van der Waals surface area contributed by atoms with Gasteiger partial charge in [0.1, 0.15) is 5.76 Å². The molecular formula is C25H39N3O6. The highest BCUT2D eigenvalue weighted by atomic mass is 16.5. The van der Waals surface area contributed by atoms with Crippen molar-refractivity contribution in [3.8, 4) is 0 Å². The van der Waals surface area contributed by atoms with Crippen LogP contribution in [-0.4, -0.2) is 54.3 Å². The topological polar surface area (TPSA) is 128 Å². The Morgan fingerprint density at radius 3 is 2.26 bits per heavy atom. The van der Waals surface area contributed by atoms with Crippen LogP contribution in [0.2, 0.25) is 0 Å². The van der Waals surface area contributed by atoms with Crippen molar-refractivity contribution < 1.29 is 28.4 Å². The lowest BCUT2D eigenvalue weighted by Crippen LogP contribution is -2.49. The predicted molar refractivity (Wildman–Crippen MR) is 126 cm³/mol. The third-order valence-electron chi connectivity index (χ3n) is 6.28. The molecule has 0 aliphatic heterocycles. The Bertz CT molecular complexity index is 887. The van der Waals surface area contributed by atoms with Gasteiger partial charge in [-0.15, -0.1) is 0 Å². The number of carbonyl (C=O) groups excluding carboxylic acids is 4. The number of ether oxygens (including phenoxy) is 1. The number of Topliss-reactive ketones (excluding diaryl/α,β-unsaturated/α-hetero) is 2. The molecular weight excluding hydrogens is 438 g/mol. The normalized spacial score (nSPS) is 17.2. The first-order valence-electron chi connectivity index (χ1n) is 12.0. The summed E-state index contributed by atoms with van der Waals surface area (Å²) in [5.74, 6) is -1.43. The molecule has 34 heavy (non-hydrogen) atoms. The standard InChI is InChI=1S/C25H39N3O6/c1-14(2)10-18(22(30)25(6)8-9-25)26-23(31)17(13-33-7)12-20(29)21(15(3)4)27-24(32)19-11-16(5)34-28-19/h11,14-15,17-18,21H,8-10,12-13H2,1-7H3,(H,26,31)(H,27,32)/t17-,18-,21-/m0/s1. The molecule has 0 unspecified atom stereocenters. The molecule has 1 fully saturated rings. The van der Waals surface area contributed by atoms with Crippen LogP contribution in [-0.2, 0) is 19.1 Å². The zero-order chi connectivity index (χ0) is 25.6. The van der Waals surface area contributed by atoms with Gasteiger partial charge in [-0.1, -0.05) is 39.8 Å². The molecule has 9 heteroatoms. The third kappa shape index (κ3) is 7.48. The summed E-state index contributed by atoms with van der Waals surface area (Å²) in [6.45, 7) is 11.3. The number of amides is 2. The summed E-state index contributed by atoms with van der Waals surface area (Å²) >= 11 is 0. The van der Waals surface area contributed by atoms with Crippen LogP contribution >= 0.6 is 0 Å². The number of aromatic nitrogens is 1. The van der Waals surface area contributed by atoms with E-state index in [9.17, 15) is 19.2 Å². The van der Waals surface area contributed by atoms with Crippen molar-refractivity contribution in [2.75, 3.05) is 13.7 Å². The van der Waals surface area contributed by atoms with Gasteiger partial charge in [0.05, 0.1) is 24.6 Å². The molecule has 3 atom stereocenters. The Hall–Kier alpha value is -2.55. The number of nitrogens with one attached hydrogen (secondary N) is 2. The zero-order valence-corrected chi connectivity index (χ0v) is 21.4. The summed E-state index contributed by atoms with van der Waals surface area (Å²) in [5.41, 5.74) is -0.280. The van der Waals surface area contributed by atoms with Gasteiger partial charge < -0.3 is 19.9 Å². The van der Waals surface area contributed by atoms with E-state index >= 15 is 0 Å². The largest absolute Gasteiger partial charge is 0.384 e. The van der Waals surface area contributed by atoms with Crippen LogP contribution in [0, 0.1) is 30.1 Å². The minimum absolute atomic E-state index is 0.0265. The number of hydrogen-bond acceptors (Lipinski definition) is 7. The van der Waals surface area contributed by atoms with Crippen molar-refractivity contribution in [3.63, 3.8) is 0 Å². The van der Waals surface area contributed by atoms with Crippen LogP contribution in [0.1, 0.15) is 76.6 Å². The van der Waals surface area contributed by atoms with Crippen molar-refractivity contribution in [2.24, 2.45) is 23.2 Å². The first kappa shape index (κ1) is 27.7. The first-order valence-corrected chi connectivity index (χ1v) is 12.0. The monoisotopic (exact) mass is 477 g/mol. The number of methoxy groups -OCH3 is 1. The molecule has 2 N–H and O–H groups in total. The summed E-state index contributed by atoms with van der Waals surface area (Å²) in [6, 6.07) is 0.0885. The second kappa shape index (κ2) is 11.7. The molecule has 9 nitrogen and oxygen atoms in total. The maximum absolute atomic E-state index is 13.2. The summed E-state index contributed by atoms with van der Waals surface area (Å²) in [5, 5.41) is 9.29. The van der Waals surface area contributed by atoms with Gasteiger partial charge in [-0.25, -0.2) is 0 Å². The molecule has 1 saturated carbocycles. The average molecular weight is 478 g/mol. The van der Waals surface area contributed by atoms with E-state index in [0.29, 0.717) is 12.2 Å². The van der Waals surface area contributed by atoms with Crippen molar-refractivity contribution >= 4 is 23.4 Å². The Morgan fingerprint density at radius 2 is 1.79 bits per heavy atom. The summed E-state index contributed by atoms with van der Waals surface area (Å²) in [6.07, 6.45) is 2.07. The number of ketones is 2. The quantitative estimate of drug-likeness (QED) is 0.422. The van der Waals surface area contributed by atoms with E-state index < -0.39 is 23.9 Å². The molecule has 2 amide bonds.